The fourth-order valence-corrected chi connectivity index (χ4v) is 1.22. The van der Waals surface area contributed by atoms with Crippen LogP contribution in [-0.4, -0.2) is 8.42 Å². The third kappa shape index (κ3) is 2.36. The molecule has 0 saturated carbocycles. The Balaban J connectivity index is 3.25. The smallest absolute Gasteiger partial charge is 0.163 e. The summed E-state index contributed by atoms with van der Waals surface area (Å²) in [6, 6.07) is 6.72. The fraction of sp³-hybridized carbons (Fsp3) is 0. The van der Waals surface area contributed by atoms with Crippen molar-refractivity contribution in [2.24, 2.45) is 4.36 Å². The maximum Gasteiger partial charge on any atom is 0.316 e. The first-order chi connectivity index (χ1) is 5.20. The lowest BCUT2D eigenvalue weighted by atomic mass is 10.3. The Kier molecular flexibility index (Phi) is 2.67. The summed E-state index contributed by atoms with van der Waals surface area (Å²) >= 11 is 4.01. The van der Waals surface area contributed by atoms with E-state index in [1.807, 2.05) is 0 Å². The van der Waals surface area contributed by atoms with E-state index in [-0.39, 0.29) is 0 Å². The number of thiol groups is 1. The maximum absolute atomic E-state index is 10.1. The highest BCUT2D eigenvalue weighted by atomic mass is 32.2. The molecule has 0 N–H and O–H groups in total. The van der Waals surface area contributed by atoms with Gasteiger partial charge < -0.3 is 0 Å². The van der Waals surface area contributed by atoms with Crippen molar-refractivity contribution in [3.8, 4) is 0 Å². The molecule has 3 nitrogen and oxygen atoms in total. The lowest BCUT2D eigenvalue weighted by molar-refractivity contribution is 0.622. The molecule has 0 saturated heterocycles. The SMILES string of the molecule is O=S(=O)=Nc1ccccc1S. The molecule has 0 bridgehead atoms. The molecule has 0 amide bonds. The first kappa shape index (κ1) is 8.29. The zero-order chi connectivity index (χ0) is 8.27. The van der Waals surface area contributed by atoms with E-state index in [1.165, 1.54) is 0 Å². The van der Waals surface area contributed by atoms with Gasteiger partial charge in [-0.3, -0.25) is 0 Å². The third-order valence-corrected chi connectivity index (χ3v) is 1.78. The number of nitrogens with zero attached hydrogens (tertiary/aromatic N) is 1. The highest BCUT2D eigenvalue weighted by Crippen LogP contribution is 2.21. The van der Waals surface area contributed by atoms with Gasteiger partial charge in [0.15, 0.2) is 0 Å². The van der Waals surface area contributed by atoms with E-state index in [4.69, 9.17) is 0 Å². The molecule has 0 heterocycles. The van der Waals surface area contributed by atoms with E-state index < -0.39 is 10.5 Å². The zero-order valence-corrected chi connectivity index (χ0v) is 7.14. The molecule has 58 valence electrons. The van der Waals surface area contributed by atoms with Gasteiger partial charge in [0, 0.05) is 4.90 Å². The Bertz CT molecular complexity index is 375. The van der Waals surface area contributed by atoms with Crippen LogP contribution in [0.2, 0.25) is 0 Å². The summed E-state index contributed by atoms with van der Waals surface area (Å²) in [5.41, 5.74) is 0.365. The van der Waals surface area contributed by atoms with Crippen LogP contribution in [0.5, 0.6) is 0 Å². The van der Waals surface area contributed by atoms with Gasteiger partial charge in [-0.05, 0) is 12.1 Å². The van der Waals surface area contributed by atoms with Crippen LogP contribution in [0.15, 0.2) is 33.5 Å². The van der Waals surface area contributed by atoms with Crippen LogP contribution in [-0.2, 0) is 10.5 Å². The van der Waals surface area contributed by atoms with Crippen molar-refractivity contribution in [1.29, 1.82) is 0 Å². The maximum atomic E-state index is 10.1. The van der Waals surface area contributed by atoms with Crippen molar-refractivity contribution in [3.63, 3.8) is 0 Å². The molecule has 0 aliphatic rings. The van der Waals surface area contributed by atoms with Crippen molar-refractivity contribution in [3.05, 3.63) is 24.3 Å². The normalized spacial score (nSPS) is 9.18. The Morgan fingerprint density at radius 1 is 1.27 bits per heavy atom. The van der Waals surface area contributed by atoms with E-state index in [9.17, 15) is 8.42 Å². The summed E-state index contributed by atoms with van der Waals surface area (Å²) in [6.07, 6.45) is 0. The minimum atomic E-state index is -2.40. The van der Waals surface area contributed by atoms with Gasteiger partial charge in [0.1, 0.15) is 0 Å². The Morgan fingerprint density at radius 3 is 2.45 bits per heavy atom. The molecule has 11 heavy (non-hydrogen) atoms. The molecule has 0 unspecified atom stereocenters. The fourth-order valence-electron chi connectivity index (χ4n) is 0.622. The number of rotatable bonds is 1. The highest BCUT2D eigenvalue weighted by molar-refractivity contribution is 7.80. The molecule has 0 aliphatic heterocycles. The van der Waals surface area contributed by atoms with Gasteiger partial charge in [-0.25, -0.2) is 0 Å². The number of hydrogen-bond donors (Lipinski definition) is 1. The second-order valence-corrected chi connectivity index (χ2v) is 2.90. The summed E-state index contributed by atoms with van der Waals surface area (Å²) < 4.78 is 23.5. The van der Waals surface area contributed by atoms with Crippen molar-refractivity contribution >= 4 is 28.8 Å². The molecule has 0 spiro atoms. The van der Waals surface area contributed by atoms with Crippen LogP contribution >= 0.6 is 12.6 Å². The predicted octanol–water partition coefficient (Wildman–Crippen LogP) is 1.67. The average molecular weight is 187 g/mol. The first-order valence-electron chi connectivity index (χ1n) is 2.79. The van der Waals surface area contributed by atoms with Crippen LogP contribution in [0, 0.1) is 0 Å². The van der Waals surface area contributed by atoms with Crippen molar-refractivity contribution in [2.45, 2.75) is 4.90 Å². The monoisotopic (exact) mass is 187 g/mol. The summed E-state index contributed by atoms with van der Waals surface area (Å²) in [4.78, 5) is 0.553. The van der Waals surface area contributed by atoms with Gasteiger partial charge in [0.05, 0.1) is 5.69 Å². The molecule has 0 fully saturated rings. The molecule has 0 aliphatic carbocycles. The van der Waals surface area contributed by atoms with E-state index in [2.05, 4.69) is 17.0 Å². The molecular formula is C6H5NO2S2. The Labute approximate surface area is 71.2 Å². The molecule has 5 heteroatoms. The van der Waals surface area contributed by atoms with Gasteiger partial charge in [-0.1, -0.05) is 12.1 Å². The predicted molar refractivity (Wildman–Crippen MR) is 44.7 cm³/mol. The summed E-state index contributed by atoms with van der Waals surface area (Å²) in [5, 5.41) is 0. The van der Waals surface area contributed by atoms with E-state index in [0.717, 1.165) is 0 Å². The highest BCUT2D eigenvalue weighted by Gasteiger charge is 1.93. The second kappa shape index (κ2) is 3.54. The summed E-state index contributed by atoms with van der Waals surface area (Å²) in [7, 11) is -2.40. The molecule has 1 rings (SSSR count). The third-order valence-electron chi connectivity index (χ3n) is 1.05. The molecule has 1 aromatic carbocycles. The van der Waals surface area contributed by atoms with Crippen LogP contribution in [0.25, 0.3) is 0 Å². The average Bonchev–Trinajstić information content (AvgIpc) is 1.93. The van der Waals surface area contributed by atoms with Gasteiger partial charge in [-0.15, -0.1) is 17.0 Å². The van der Waals surface area contributed by atoms with Crippen LogP contribution in [0.3, 0.4) is 0 Å². The van der Waals surface area contributed by atoms with Crippen molar-refractivity contribution < 1.29 is 8.42 Å². The van der Waals surface area contributed by atoms with Crippen molar-refractivity contribution in [2.75, 3.05) is 0 Å². The topological polar surface area (TPSA) is 46.5 Å². The van der Waals surface area contributed by atoms with Crippen LogP contribution < -0.4 is 0 Å². The van der Waals surface area contributed by atoms with E-state index >= 15 is 0 Å². The molecular weight excluding hydrogens is 182 g/mol. The minimum absolute atomic E-state index is 0.365. The van der Waals surface area contributed by atoms with E-state index in [0.29, 0.717) is 10.6 Å². The lowest BCUT2D eigenvalue weighted by Crippen LogP contribution is -1.66. The Hall–Kier alpha value is -0.810. The molecule has 0 aromatic heterocycles. The van der Waals surface area contributed by atoms with Gasteiger partial charge in [-0.2, -0.15) is 8.42 Å². The van der Waals surface area contributed by atoms with Gasteiger partial charge in [0.2, 0.25) is 0 Å². The van der Waals surface area contributed by atoms with Crippen LogP contribution in [0.1, 0.15) is 0 Å². The van der Waals surface area contributed by atoms with E-state index in [1.54, 1.807) is 24.3 Å². The Morgan fingerprint density at radius 2 is 1.91 bits per heavy atom. The lowest BCUT2D eigenvalue weighted by Gasteiger charge is -1.91. The van der Waals surface area contributed by atoms with Gasteiger partial charge in [0.25, 0.3) is 0 Å². The number of hydrogen-bond acceptors (Lipinski definition) is 4. The summed E-state index contributed by atoms with van der Waals surface area (Å²) in [5.74, 6) is 0. The molecule has 0 radical (unpaired) electrons. The minimum Gasteiger partial charge on any atom is -0.163 e. The summed E-state index contributed by atoms with van der Waals surface area (Å²) in [6.45, 7) is 0. The second-order valence-electron chi connectivity index (χ2n) is 1.80. The zero-order valence-electron chi connectivity index (χ0n) is 5.43. The standard InChI is InChI=1S/C6H5NO2S2/c8-11(9)7-5-3-1-2-4-6(5)10/h1-4,10H. The molecule has 1 aromatic rings. The van der Waals surface area contributed by atoms with Crippen LogP contribution in [0.4, 0.5) is 5.69 Å². The number of benzene rings is 1. The largest absolute Gasteiger partial charge is 0.316 e. The first-order valence-corrected chi connectivity index (χ1v) is 4.27. The molecule has 0 atom stereocenters. The quantitative estimate of drug-likeness (QED) is 0.680. The van der Waals surface area contributed by atoms with Gasteiger partial charge >= 0.3 is 10.5 Å². The van der Waals surface area contributed by atoms with Crippen molar-refractivity contribution in [1.82, 2.24) is 0 Å².